The van der Waals surface area contributed by atoms with Crippen molar-refractivity contribution in [2.45, 2.75) is 19.3 Å². The summed E-state index contributed by atoms with van der Waals surface area (Å²) in [5.74, 6) is -0.752. The highest BCUT2D eigenvalue weighted by atomic mass is 35.5. The molecule has 0 aromatic heterocycles. The molecule has 1 rings (SSSR count). The summed E-state index contributed by atoms with van der Waals surface area (Å²) in [6.07, 6.45) is 1.80. The van der Waals surface area contributed by atoms with Gasteiger partial charge in [-0.3, -0.25) is 4.79 Å². The maximum Gasteiger partial charge on any atom is 0.165 e. The predicted molar refractivity (Wildman–Crippen MR) is 58.6 cm³/mol. The molecule has 15 heavy (non-hydrogen) atoms. The van der Waals surface area contributed by atoms with Gasteiger partial charge in [-0.05, 0) is 37.6 Å². The molecule has 82 valence electrons. The molecule has 0 bridgehead atoms. The van der Waals surface area contributed by atoms with Crippen LogP contribution in [0.5, 0.6) is 0 Å². The highest BCUT2D eigenvalue weighted by molar-refractivity contribution is 6.30. The fourth-order valence-corrected chi connectivity index (χ4v) is 1.44. The number of carbonyl (C=O) groups excluding carboxylic acids is 1. The first-order valence-electron chi connectivity index (χ1n) is 4.83. The van der Waals surface area contributed by atoms with Gasteiger partial charge in [0.05, 0.1) is 5.56 Å². The minimum Gasteiger partial charge on any atom is -0.330 e. The number of halogens is 2. The Balaban J connectivity index is 2.65. The highest BCUT2D eigenvalue weighted by Gasteiger charge is 2.11. The van der Waals surface area contributed by atoms with E-state index in [1.165, 1.54) is 12.1 Å². The zero-order chi connectivity index (χ0) is 11.3. The van der Waals surface area contributed by atoms with Crippen LogP contribution < -0.4 is 5.73 Å². The van der Waals surface area contributed by atoms with Crippen molar-refractivity contribution in [3.05, 3.63) is 34.6 Å². The topological polar surface area (TPSA) is 43.1 Å². The van der Waals surface area contributed by atoms with Crippen molar-refractivity contribution in [2.24, 2.45) is 5.73 Å². The average Bonchev–Trinajstić information content (AvgIpc) is 2.17. The molecule has 0 atom stereocenters. The quantitative estimate of drug-likeness (QED) is 0.623. The van der Waals surface area contributed by atoms with Crippen LogP contribution in [0.3, 0.4) is 0 Å². The fourth-order valence-electron chi connectivity index (χ4n) is 1.28. The van der Waals surface area contributed by atoms with Gasteiger partial charge >= 0.3 is 0 Å². The predicted octanol–water partition coefficient (Wildman–Crippen LogP) is 2.79. The molecule has 1 aromatic rings. The van der Waals surface area contributed by atoms with Gasteiger partial charge in [-0.1, -0.05) is 11.6 Å². The van der Waals surface area contributed by atoms with E-state index in [0.717, 1.165) is 12.5 Å². The molecule has 0 amide bonds. The van der Waals surface area contributed by atoms with Crippen LogP contribution >= 0.6 is 11.6 Å². The molecule has 2 N–H and O–H groups in total. The number of hydrogen-bond acceptors (Lipinski definition) is 2. The summed E-state index contributed by atoms with van der Waals surface area (Å²) in [5.41, 5.74) is 5.41. The maximum absolute atomic E-state index is 13.3. The van der Waals surface area contributed by atoms with Gasteiger partial charge in [0.1, 0.15) is 5.82 Å². The number of Topliss-reactive ketones (excluding diaryl/α,β-unsaturated/α-hetero) is 1. The van der Waals surface area contributed by atoms with Crippen LogP contribution in [0.4, 0.5) is 4.39 Å². The summed E-state index contributed by atoms with van der Waals surface area (Å²) >= 11 is 5.58. The van der Waals surface area contributed by atoms with Crippen molar-refractivity contribution >= 4 is 17.4 Å². The van der Waals surface area contributed by atoms with Crippen LogP contribution in [0.1, 0.15) is 29.6 Å². The number of ketones is 1. The zero-order valence-electron chi connectivity index (χ0n) is 8.30. The molecule has 1 aromatic carbocycles. The summed E-state index contributed by atoms with van der Waals surface area (Å²) in [6, 6.07) is 4.08. The van der Waals surface area contributed by atoms with Gasteiger partial charge in [0, 0.05) is 11.4 Å². The van der Waals surface area contributed by atoms with E-state index in [1.807, 2.05) is 0 Å². The zero-order valence-corrected chi connectivity index (χ0v) is 9.06. The normalized spacial score (nSPS) is 10.3. The smallest absolute Gasteiger partial charge is 0.165 e. The molecule has 0 spiro atoms. The van der Waals surface area contributed by atoms with Gasteiger partial charge in [0.25, 0.3) is 0 Å². The van der Waals surface area contributed by atoms with Crippen LogP contribution in [-0.4, -0.2) is 12.3 Å². The average molecular weight is 230 g/mol. The summed E-state index contributed by atoms with van der Waals surface area (Å²) in [6.45, 7) is 0.552. The molecule has 0 aliphatic heterocycles. The Labute approximate surface area is 93.2 Å². The molecular formula is C11H13ClFNO. The molecule has 4 heteroatoms. The number of hydrogen-bond donors (Lipinski definition) is 1. The van der Waals surface area contributed by atoms with E-state index >= 15 is 0 Å². The van der Waals surface area contributed by atoms with Crippen molar-refractivity contribution in [2.75, 3.05) is 6.54 Å². The molecule has 0 saturated heterocycles. The van der Waals surface area contributed by atoms with Crippen molar-refractivity contribution < 1.29 is 9.18 Å². The van der Waals surface area contributed by atoms with Gasteiger partial charge in [-0.15, -0.1) is 0 Å². The lowest BCUT2D eigenvalue weighted by Gasteiger charge is -2.02. The number of carbonyl (C=O) groups is 1. The van der Waals surface area contributed by atoms with Gasteiger partial charge in [-0.25, -0.2) is 4.39 Å². The largest absolute Gasteiger partial charge is 0.330 e. The molecule has 0 heterocycles. The van der Waals surface area contributed by atoms with Crippen molar-refractivity contribution in [3.8, 4) is 0 Å². The Kier molecular flexibility index (Phi) is 4.72. The molecule has 0 radical (unpaired) electrons. The van der Waals surface area contributed by atoms with Crippen LogP contribution in [0, 0.1) is 5.82 Å². The van der Waals surface area contributed by atoms with Crippen molar-refractivity contribution in [1.82, 2.24) is 0 Å². The molecule has 0 aliphatic carbocycles. The van der Waals surface area contributed by atoms with Crippen molar-refractivity contribution in [3.63, 3.8) is 0 Å². The lowest BCUT2D eigenvalue weighted by atomic mass is 10.1. The Bertz CT molecular complexity index is 354. The van der Waals surface area contributed by atoms with Gasteiger partial charge in [-0.2, -0.15) is 0 Å². The first-order chi connectivity index (χ1) is 7.15. The minimum absolute atomic E-state index is 0.108. The molecular weight excluding hydrogens is 217 g/mol. The third kappa shape index (κ3) is 3.61. The van der Waals surface area contributed by atoms with E-state index in [-0.39, 0.29) is 11.3 Å². The van der Waals surface area contributed by atoms with Crippen molar-refractivity contribution in [1.29, 1.82) is 0 Å². The van der Waals surface area contributed by atoms with E-state index in [0.29, 0.717) is 24.4 Å². The Morgan fingerprint density at radius 1 is 1.40 bits per heavy atom. The van der Waals surface area contributed by atoms with E-state index in [2.05, 4.69) is 0 Å². The Morgan fingerprint density at radius 2 is 2.13 bits per heavy atom. The second kappa shape index (κ2) is 5.83. The molecule has 0 saturated carbocycles. The third-order valence-electron chi connectivity index (χ3n) is 2.09. The van der Waals surface area contributed by atoms with E-state index in [1.54, 1.807) is 0 Å². The summed E-state index contributed by atoms with van der Waals surface area (Å²) in [4.78, 5) is 11.5. The first kappa shape index (κ1) is 12.1. The lowest BCUT2D eigenvalue weighted by Crippen LogP contribution is -2.04. The second-order valence-corrected chi connectivity index (χ2v) is 3.73. The summed E-state index contributed by atoms with van der Waals surface area (Å²) in [7, 11) is 0. The van der Waals surface area contributed by atoms with Gasteiger partial charge in [0.15, 0.2) is 5.78 Å². The highest BCUT2D eigenvalue weighted by Crippen LogP contribution is 2.16. The Morgan fingerprint density at radius 3 is 2.73 bits per heavy atom. The Hall–Kier alpha value is -0.930. The van der Waals surface area contributed by atoms with Crippen LogP contribution in [-0.2, 0) is 0 Å². The van der Waals surface area contributed by atoms with Crippen LogP contribution in [0.2, 0.25) is 5.02 Å². The first-order valence-corrected chi connectivity index (χ1v) is 5.21. The van der Waals surface area contributed by atoms with Crippen LogP contribution in [0.15, 0.2) is 18.2 Å². The fraction of sp³-hybridized carbons (Fsp3) is 0.364. The van der Waals surface area contributed by atoms with E-state index in [9.17, 15) is 9.18 Å². The SMILES string of the molecule is NCCCCC(=O)c1ccc(Cl)cc1F. The van der Waals surface area contributed by atoms with E-state index in [4.69, 9.17) is 17.3 Å². The third-order valence-corrected chi connectivity index (χ3v) is 2.32. The molecule has 0 unspecified atom stereocenters. The molecule has 0 aliphatic rings. The lowest BCUT2D eigenvalue weighted by molar-refractivity contribution is 0.0975. The standard InChI is InChI=1S/C11H13ClFNO/c12-8-4-5-9(10(13)7-8)11(15)3-1-2-6-14/h4-5,7H,1-3,6,14H2. The van der Waals surface area contributed by atoms with Crippen LogP contribution in [0.25, 0.3) is 0 Å². The maximum atomic E-state index is 13.3. The van der Waals surface area contributed by atoms with Gasteiger partial charge < -0.3 is 5.73 Å². The number of unbranched alkanes of at least 4 members (excludes halogenated alkanes) is 1. The second-order valence-electron chi connectivity index (χ2n) is 3.29. The number of nitrogens with two attached hydrogens (primary N) is 1. The summed E-state index contributed by atoms with van der Waals surface area (Å²) in [5, 5.41) is 0.297. The van der Waals surface area contributed by atoms with Gasteiger partial charge in [0.2, 0.25) is 0 Å². The summed E-state index contributed by atoms with van der Waals surface area (Å²) < 4.78 is 13.3. The molecule has 0 fully saturated rings. The molecule has 2 nitrogen and oxygen atoms in total. The number of benzene rings is 1. The van der Waals surface area contributed by atoms with E-state index < -0.39 is 5.82 Å². The monoisotopic (exact) mass is 229 g/mol. The minimum atomic E-state index is -0.555. The number of rotatable bonds is 5.